The number of benzene rings is 2. The van der Waals surface area contributed by atoms with E-state index in [-0.39, 0.29) is 0 Å². The number of hydrogen-bond donors (Lipinski definition) is 1. The van der Waals surface area contributed by atoms with Crippen LogP contribution in [-0.4, -0.2) is 13.7 Å². The number of hydrogen-bond acceptors (Lipinski definition) is 3. The monoisotopic (exact) mass is 268 g/mol. The molecule has 20 heavy (non-hydrogen) atoms. The molecule has 0 aromatic heterocycles. The molecule has 2 aromatic carbocycles. The molecule has 104 valence electrons. The minimum Gasteiger partial charge on any atom is -0.495 e. The quantitative estimate of drug-likeness (QED) is 0.846. The second-order valence-corrected chi connectivity index (χ2v) is 5.47. The van der Waals surface area contributed by atoms with Crippen LogP contribution in [0.1, 0.15) is 12.5 Å². The predicted octanol–water partition coefficient (Wildman–Crippen LogP) is 3.61. The van der Waals surface area contributed by atoms with E-state index in [4.69, 9.17) is 10.5 Å². The third-order valence-corrected chi connectivity index (χ3v) is 3.87. The summed E-state index contributed by atoms with van der Waals surface area (Å²) in [7, 11) is 1.66. The fraction of sp³-hybridized carbons (Fsp3) is 0.294. The largest absolute Gasteiger partial charge is 0.495 e. The van der Waals surface area contributed by atoms with Crippen molar-refractivity contribution in [2.45, 2.75) is 13.3 Å². The van der Waals surface area contributed by atoms with Gasteiger partial charge in [0.1, 0.15) is 5.75 Å². The van der Waals surface area contributed by atoms with Crippen molar-refractivity contribution in [1.29, 1.82) is 0 Å². The Labute approximate surface area is 120 Å². The number of para-hydroxylation sites is 1. The van der Waals surface area contributed by atoms with E-state index < -0.39 is 0 Å². The van der Waals surface area contributed by atoms with Crippen molar-refractivity contribution in [2.24, 2.45) is 5.92 Å². The van der Waals surface area contributed by atoms with Gasteiger partial charge < -0.3 is 15.4 Å². The topological polar surface area (TPSA) is 38.5 Å². The van der Waals surface area contributed by atoms with Gasteiger partial charge in [0.15, 0.2) is 0 Å². The first-order valence-electron chi connectivity index (χ1n) is 6.98. The Morgan fingerprint density at radius 1 is 1.20 bits per heavy atom. The van der Waals surface area contributed by atoms with Gasteiger partial charge in [-0.2, -0.15) is 0 Å². The highest BCUT2D eigenvalue weighted by Gasteiger charge is 2.22. The molecule has 2 aromatic rings. The van der Waals surface area contributed by atoms with Crippen molar-refractivity contribution in [3.63, 3.8) is 0 Å². The molecule has 1 aliphatic heterocycles. The molecule has 3 nitrogen and oxygen atoms in total. The lowest BCUT2D eigenvalue weighted by atomic mass is 9.93. The SMILES string of the molecule is COc1cc(N2CC(C)Cc3ccccc32)ccc1N. The van der Waals surface area contributed by atoms with Gasteiger partial charge in [0.2, 0.25) is 0 Å². The first-order chi connectivity index (χ1) is 9.69. The van der Waals surface area contributed by atoms with Gasteiger partial charge in [-0.1, -0.05) is 25.1 Å². The van der Waals surface area contributed by atoms with Crippen LogP contribution in [-0.2, 0) is 6.42 Å². The van der Waals surface area contributed by atoms with Crippen molar-refractivity contribution >= 4 is 17.1 Å². The molecule has 0 fully saturated rings. The average Bonchev–Trinajstić information content (AvgIpc) is 2.47. The molecule has 0 amide bonds. The van der Waals surface area contributed by atoms with Gasteiger partial charge in [-0.15, -0.1) is 0 Å². The Balaban J connectivity index is 2.06. The summed E-state index contributed by atoms with van der Waals surface area (Å²) in [6.07, 6.45) is 1.14. The van der Waals surface area contributed by atoms with Crippen LogP contribution in [0.5, 0.6) is 5.75 Å². The van der Waals surface area contributed by atoms with Gasteiger partial charge in [0, 0.05) is 24.0 Å². The van der Waals surface area contributed by atoms with E-state index in [9.17, 15) is 0 Å². The summed E-state index contributed by atoms with van der Waals surface area (Å²) in [4.78, 5) is 2.35. The van der Waals surface area contributed by atoms with Gasteiger partial charge in [0.05, 0.1) is 12.8 Å². The highest BCUT2D eigenvalue weighted by Crippen LogP contribution is 2.37. The Bertz CT molecular complexity index is 624. The van der Waals surface area contributed by atoms with Crippen LogP contribution in [0, 0.1) is 5.92 Å². The van der Waals surface area contributed by atoms with E-state index in [1.807, 2.05) is 12.1 Å². The van der Waals surface area contributed by atoms with Crippen molar-refractivity contribution < 1.29 is 4.74 Å². The molecule has 3 heteroatoms. The number of nitrogens with two attached hydrogens (primary N) is 1. The highest BCUT2D eigenvalue weighted by atomic mass is 16.5. The van der Waals surface area contributed by atoms with E-state index in [1.54, 1.807) is 7.11 Å². The van der Waals surface area contributed by atoms with Crippen molar-refractivity contribution in [3.05, 3.63) is 48.0 Å². The average molecular weight is 268 g/mol. The highest BCUT2D eigenvalue weighted by molar-refractivity contribution is 5.71. The molecule has 0 saturated carbocycles. The lowest BCUT2D eigenvalue weighted by Crippen LogP contribution is -2.30. The number of fused-ring (bicyclic) bond motifs is 1. The van der Waals surface area contributed by atoms with Gasteiger partial charge in [-0.3, -0.25) is 0 Å². The maximum absolute atomic E-state index is 5.91. The Morgan fingerprint density at radius 3 is 2.80 bits per heavy atom. The van der Waals surface area contributed by atoms with E-state index in [0.29, 0.717) is 11.6 Å². The number of methoxy groups -OCH3 is 1. The fourth-order valence-electron chi connectivity index (χ4n) is 2.91. The maximum Gasteiger partial charge on any atom is 0.143 e. The molecule has 0 spiro atoms. The van der Waals surface area contributed by atoms with E-state index >= 15 is 0 Å². The van der Waals surface area contributed by atoms with Crippen molar-refractivity contribution in [2.75, 3.05) is 24.3 Å². The fourth-order valence-corrected chi connectivity index (χ4v) is 2.91. The van der Waals surface area contributed by atoms with Crippen molar-refractivity contribution in [1.82, 2.24) is 0 Å². The number of nitrogens with zero attached hydrogens (tertiary/aromatic N) is 1. The predicted molar refractivity (Wildman–Crippen MR) is 83.7 cm³/mol. The van der Waals surface area contributed by atoms with Gasteiger partial charge in [-0.05, 0) is 36.1 Å². The molecule has 1 atom stereocenters. The third kappa shape index (κ3) is 2.20. The van der Waals surface area contributed by atoms with Crippen LogP contribution in [0.15, 0.2) is 42.5 Å². The summed E-state index contributed by atoms with van der Waals surface area (Å²) >= 11 is 0. The number of rotatable bonds is 2. The molecular weight excluding hydrogens is 248 g/mol. The summed E-state index contributed by atoms with van der Waals surface area (Å²) in [6.45, 7) is 3.31. The first kappa shape index (κ1) is 12.9. The summed E-state index contributed by atoms with van der Waals surface area (Å²) in [6, 6.07) is 14.6. The molecule has 0 aliphatic carbocycles. The van der Waals surface area contributed by atoms with Crippen LogP contribution in [0.25, 0.3) is 0 Å². The smallest absolute Gasteiger partial charge is 0.143 e. The zero-order valence-electron chi connectivity index (χ0n) is 12.0. The lowest BCUT2D eigenvalue weighted by Gasteiger charge is -2.35. The lowest BCUT2D eigenvalue weighted by molar-refractivity contribution is 0.417. The summed E-state index contributed by atoms with van der Waals surface area (Å²) in [5.74, 6) is 1.37. The van der Waals surface area contributed by atoms with Crippen LogP contribution >= 0.6 is 0 Å². The Kier molecular flexibility index (Phi) is 3.26. The van der Waals surface area contributed by atoms with Gasteiger partial charge >= 0.3 is 0 Å². The van der Waals surface area contributed by atoms with E-state index in [2.05, 4.69) is 42.2 Å². The third-order valence-electron chi connectivity index (χ3n) is 3.87. The Morgan fingerprint density at radius 2 is 2.00 bits per heavy atom. The molecule has 0 bridgehead atoms. The number of ether oxygens (including phenoxy) is 1. The molecule has 3 rings (SSSR count). The van der Waals surface area contributed by atoms with Gasteiger partial charge in [0.25, 0.3) is 0 Å². The number of anilines is 3. The van der Waals surface area contributed by atoms with Crippen LogP contribution in [0.2, 0.25) is 0 Å². The van der Waals surface area contributed by atoms with E-state index in [1.165, 1.54) is 11.3 Å². The summed E-state index contributed by atoms with van der Waals surface area (Å²) < 4.78 is 5.34. The Hall–Kier alpha value is -2.16. The second kappa shape index (κ2) is 5.08. The normalized spacial score (nSPS) is 17.7. The minimum absolute atomic E-state index is 0.633. The van der Waals surface area contributed by atoms with E-state index in [0.717, 1.165) is 24.4 Å². The molecule has 1 unspecified atom stereocenters. The molecule has 0 saturated heterocycles. The zero-order chi connectivity index (χ0) is 14.1. The molecule has 2 N–H and O–H groups in total. The van der Waals surface area contributed by atoms with Gasteiger partial charge in [-0.25, -0.2) is 0 Å². The number of nitrogen functional groups attached to an aromatic ring is 1. The second-order valence-electron chi connectivity index (χ2n) is 5.47. The molecule has 0 radical (unpaired) electrons. The van der Waals surface area contributed by atoms with Crippen LogP contribution in [0.3, 0.4) is 0 Å². The molecular formula is C17H20N2O. The minimum atomic E-state index is 0.633. The maximum atomic E-state index is 5.91. The van der Waals surface area contributed by atoms with Crippen LogP contribution < -0.4 is 15.4 Å². The van der Waals surface area contributed by atoms with Crippen LogP contribution in [0.4, 0.5) is 17.1 Å². The molecule has 1 aliphatic rings. The first-order valence-corrected chi connectivity index (χ1v) is 6.98. The zero-order valence-corrected chi connectivity index (χ0v) is 12.0. The summed E-state index contributed by atoms with van der Waals surface area (Å²) in [5.41, 5.74) is 10.4. The van der Waals surface area contributed by atoms with Crippen molar-refractivity contribution in [3.8, 4) is 5.75 Å². The summed E-state index contributed by atoms with van der Waals surface area (Å²) in [5, 5.41) is 0. The molecule has 1 heterocycles. The standard InChI is InChI=1S/C17H20N2O/c1-12-9-13-5-3-4-6-16(13)19(11-12)14-7-8-15(18)17(10-14)20-2/h3-8,10,12H,9,11,18H2,1-2H3.